The molecule has 2 aliphatic rings. The summed E-state index contributed by atoms with van der Waals surface area (Å²) in [6.07, 6.45) is 7.82. The standard InChI is InChI=1S/C19H28N6O2/c1-15-8-22-25(9-15)12-17-11-24(5-6-27-17)19-7-18(20-14-21-19)23-4-2-3-16(10-23)13-26/h7-9,14,16-17,26H,2-6,10-13H2,1H3. The molecule has 0 radical (unpaired) electrons. The number of rotatable bonds is 5. The van der Waals surface area contributed by atoms with E-state index < -0.39 is 0 Å². The lowest BCUT2D eigenvalue weighted by atomic mass is 9.99. The molecule has 2 aromatic rings. The second-order valence-electron chi connectivity index (χ2n) is 7.55. The lowest BCUT2D eigenvalue weighted by Crippen LogP contribution is -2.45. The number of piperidine rings is 1. The monoisotopic (exact) mass is 372 g/mol. The van der Waals surface area contributed by atoms with Gasteiger partial charge in [0.15, 0.2) is 0 Å². The third-order valence-corrected chi connectivity index (χ3v) is 5.36. The van der Waals surface area contributed by atoms with E-state index in [1.807, 2.05) is 24.0 Å². The molecule has 146 valence electrons. The van der Waals surface area contributed by atoms with E-state index in [4.69, 9.17) is 4.74 Å². The maximum Gasteiger partial charge on any atom is 0.134 e. The van der Waals surface area contributed by atoms with Crippen molar-refractivity contribution >= 4 is 11.6 Å². The van der Waals surface area contributed by atoms with E-state index in [2.05, 4.69) is 30.9 Å². The normalized spacial score (nSPS) is 23.6. The number of aliphatic hydroxyl groups is 1. The van der Waals surface area contributed by atoms with Gasteiger partial charge in [0.2, 0.25) is 0 Å². The number of aryl methyl sites for hydroxylation is 1. The zero-order valence-corrected chi connectivity index (χ0v) is 15.9. The summed E-state index contributed by atoms with van der Waals surface area (Å²) in [5.74, 6) is 2.22. The number of aromatic nitrogens is 4. The van der Waals surface area contributed by atoms with Gasteiger partial charge in [-0.25, -0.2) is 9.97 Å². The van der Waals surface area contributed by atoms with E-state index in [0.717, 1.165) is 62.8 Å². The summed E-state index contributed by atoms with van der Waals surface area (Å²) >= 11 is 0. The molecule has 1 N–H and O–H groups in total. The van der Waals surface area contributed by atoms with Crippen molar-refractivity contribution < 1.29 is 9.84 Å². The fourth-order valence-electron chi connectivity index (χ4n) is 3.92. The highest BCUT2D eigenvalue weighted by molar-refractivity contribution is 5.50. The number of nitrogens with zero attached hydrogens (tertiary/aromatic N) is 6. The maximum atomic E-state index is 9.48. The van der Waals surface area contributed by atoms with Crippen molar-refractivity contribution in [3.8, 4) is 0 Å². The van der Waals surface area contributed by atoms with Crippen LogP contribution in [0.2, 0.25) is 0 Å². The molecule has 2 saturated heterocycles. The molecular formula is C19H28N6O2. The second-order valence-corrected chi connectivity index (χ2v) is 7.55. The van der Waals surface area contributed by atoms with Crippen molar-refractivity contribution in [2.75, 3.05) is 49.2 Å². The summed E-state index contributed by atoms with van der Waals surface area (Å²) in [7, 11) is 0. The van der Waals surface area contributed by atoms with Gasteiger partial charge in [0.05, 0.1) is 25.5 Å². The van der Waals surface area contributed by atoms with Crippen LogP contribution >= 0.6 is 0 Å². The Balaban J connectivity index is 1.43. The summed E-state index contributed by atoms with van der Waals surface area (Å²) in [6.45, 7) is 7.16. The van der Waals surface area contributed by atoms with Gasteiger partial charge in [0, 0.05) is 45.0 Å². The van der Waals surface area contributed by atoms with Crippen molar-refractivity contribution in [3.63, 3.8) is 0 Å². The number of aliphatic hydroxyl groups excluding tert-OH is 1. The second kappa shape index (κ2) is 8.22. The predicted octanol–water partition coefficient (Wildman–Crippen LogP) is 1.10. The molecule has 2 fully saturated rings. The van der Waals surface area contributed by atoms with E-state index >= 15 is 0 Å². The number of anilines is 2. The minimum absolute atomic E-state index is 0.0882. The number of ether oxygens (including phenoxy) is 1. The van der Waals surface area contributed by atoms with Crippen molar-refractivity contribution in [2.24, 2.45) is 5.92 Å². The number of hydrogen-bond donors (Lipinski definition) is 1. The number of morpholine rings is 1. The SMILES string of the molecule is Cc1cnn(CC2CN(c3cc(N4CCCC(CO)C4)ncn3)CCO2)c1. The van der Waals surface area contributed by atoms with Gasteiger partial charge in [-0.3, -0.25) is 4.68 Å². The minimum Gasteiger partial charge on any atom is -0.396 e. The summed E-state index contributed by atoms with van der Waals surface area (Å²) in [4.78, 5) is 13.5. The van der Waals surface area contributed by atoms with Crippen molar-refractivity contribution in [1.29, 1.82) is 0 Å². The molecule has 8 heteroatoms. The Kier molecular flexibility index (Phi) is 5.54. The lowest BCUT2D eigenvalue weighted by molar-refractivity contribution is 0.0272. The van der Waals surface area contributed by atoms with E-state index in [1.54, 1.807) is 6.33 Å². The zero-order chi connectivity index (χ0) is 18.6. The molecule has 0 aliphatic carbocycles. The van der Waals surface area contributed by atoms with Crippen LogP contribution in [0.1, 0.15) is 18.4 Å². The molecule has 0 aromatic carbocycles. The molecule has 2 atom stereocenters. The lowest BCUT2D eigenvalue weighted by Gasteiger charge is -2.35. The Morgan fingerprint density at radius 3 is 2.74 bits per heavy atom. The van der Waals surface area contributed by atoms with E-state index in [1.165, 1.54) is 0 Å². The van der Waals surface area contributed by atoms with Gasteiger partial charge in [-0.05, 0) is 31.2 Å². The van der Waals surface area contributed by atoms with Gasteiger partial charge in [0.1, 0.15) is 18.0 Å². The fraction of sp³-hybridized carbons (Fsp3) is 0.632. The molecule has 2 aromatic heterocycles. The van der Waals surface area contributed by atoms with Gasteiger partial charge in [0.25, 0.3) is 0 Å². The molecule has 2 aliphatic heterocycles. The first-order chi connectivity index (χ1) is 13.2. The van der Waals surface area contributed by atoms with Crippen LogP contribution in [0, 0.1) is 12.8 Å². The van der Waals surface area contributed by atoms with Crippen molar-refractivity contribution in [2.45, 2.75) is 32.4 Å². The zero-order valence-electron chi connectivity index (χ0n) is 15.9. The van der Waals surface area contributed by atoms with Crippen LogP contribution in [-0.2, 0) is 11.3 Å². The van der Waals surface area contributed by atoms with Crippen LogP contribution in [0.4, 0.5) is 11.6 Å². The van der Waals surface area contributed by atoms with Crippen LogP contribution in [-0.4, -0.2) is 70.4 Å². The third-order valence-electron chi connectivity index (χ3n) is 5.36. The van der Waals surface area contributed by atoms with Crippen LogP contribution in [0.15, 0.2) is 24.8 Å². The Labute approximate surface area is 159 Å². The Morgan fingerprint density at radius 2 is 2.00 bits per heavy atom. The van der Waals surface area contributed by atoms with Crippen LogP contribution in [0.3, 0.4) is 0 Å². The van der Waals surface area contributed by atoms with Gasteiger partial charge in [-0.2, -0.15) is 5.10 Å². The molecule has 27 heavy (non-hydrogen) atoms. The van der Waals surface area contributed by atoms with E-state index in [9.17, 15) is 5.11 Å². The first kappa shape index (κ1) is 18.2. The molecular weight excluding hydrogens is 344 g/mol. The summed E-state index contributed by atoms with van der Waals surface area (Å²) in [6, 6.07) is 2.07. The summed E-state index contributed by atoms with van der Waals surface area (Å²) < 4.78 is 7.88. The van der Waals surface area contributed by atoms with Gasteiger partial charge < -0.3 is 19.6 Å². The van der Waals surface area contributed by atoms with Crippen molar-refractivity contribution in [1.82, 2.24) is 19.7 Å². The van der Waals surface area contributed by atoms with E-state index in [0.29, 0.717) is 12.5 Å². The maximum absolute atomic E-state index is 9.48. The molecule has 0 bridgehead atoms. The third kappa shape index (κ3) is 4.39. The number of hydrogen-bond acceptors (Lipinski definition) is 7. The first-order valence-electron chi connectivity index (χ1n) is 9.74. The molecule has 4 rings (SSSR count). The summed E-state index contributed by atoms with van der Waals surface area (Å²) in [5.41, 5.74) is 1.16. The highest BCUT2D eigenvalue weighted by atomic mass is 16.5. The largest absolute Gasteiger partial charge is 0.396 e. The molecule has 0 saturated carbocycles. The highest BCUT2D eigenvalue weighted by Gasteiger charge is 2.24. The van der Waals surface area contributed by atoms with Gasteiger partial charge in [-0.15, -0.1) is 0 Å². The van der Waals surface area contributed by atoms with Crippen molar-refractivity contribution in [3.05, 3.63) is 30.4 Å². The van der Waals surface area contributed by atoms with E-state index in [-0.39, 0.29) is 12.7 Å². The predicted molar refractivity (Wildman–Crippen MR) is 103 cm³/mol. The molecule has 0 spiro atoms. The highest BCUT2D eigenvalue weighted by Crippen LogP contribution is 2.24. The average Bonchev–Trinajstić information content (AvgIpc) is 3.13. The smallest absolute Gasteiger partial charge is 0.134 e. The van der Waals surface area contributed by atoms with Crippen LogP contribution < -0.4 is 9.80 Å². The van der Waals surface area contributed by atoms with Crippen LogP contribution in [0.5, 0.6) is 0 Å². The Hall–Kier alpha value is -2.19. The molecule has 0 amide bonds. The topological polar surface area (TPSA) is 79.5 Å². The molecule has 8 nitrogen and oxygen atoms in total. The first-order valence-corrected chi connectivity index (χ1v) is 9.74. The van der Waals surface area contributed by atoms with Gasteiger partial charge in [-0.1, -0.05) is 0 Å². The van der Waals surface area contributed by atoms with Crippen LogP contribution in [0.25, 0.3) is 0 Å². The minimum atomic E-state index is 0.0882. The van der Waals surface area contributed by atoms with Gasteiger partial charge >= 0.3 is 0 Å². The summed E-state index contributed by atoms with van der Waals surface area (Å²) in [5, 5.41) is 13.8. The molecule has 2 unspecified atom stereocenters. The molecule has 4 heterocycles. The average molecular weight is 372 g/mol. The Morgan fingerprint density at radius 1 is 1.19 bits per heavy atom. The quantitative estimate of drug-likeness (QED) is 0.842. The fourth-order valence-corrected chi connectivity index (χ4v) is 3.92. The Bertz CT molecular complexity index is 751.